The van der Waals surface area contributed by atoms with Gasteiger partial charge in [-0.1, -0.05) is 12.2 Å². The van der Waals surface area contributed by atoms with Crippen LogP contribution in [0.4, 0.5) is 5.69 Å². The first kappa shape index (κ1) is 22.4. The lowest BCUT2D eigenvalue weighted by molar-refractivity contribution is -0.386. The SMILES string of the molecule is CCOC(=O)C(C)Oc1c(OC)cc(C=NN2C(=O)C3C4C=CC(C4)C3C2=O)cc1[N+](=O)[O-]. The lowest BCUT2D eigenvalue weighted by atomic mass is 9.85. The van der Waals surface area contributed by atoms with Crippen LogP contribution in [0.2, 0.25) is 0 Å². The Morgan fingerprint density at radius 1 is 1.27 bits per heavy atom. The molecule has 0 aromatic heterocycles. The van der Waals surface area contributed by atoms with E-state index in [1.165, 1.54) is 26.3 Å². The van der Waals surface area contributed by atoms with Crippen molar-refractivity contribution in [3.8, 4) is 11.5 Å². The summed E-state index contributed by atoms with van der Waals surface area (Å²) in [6, 6.07) is 2.57. The minimum absolute atomic E-state index is 0.0139. The Hall–Kier alpha value is -3.76. The zero-order valence-corrected chi connectivity index (χ0v) is 18.3. The average molecular weight is 457 g/mol. The number of rotatable bonds is 8. The maximum atomic E-state index is 12.8. The maximum Gasteiger partial charge on any atom is 0.347 e. The van der Waals surface area contributed by atoms with Crippen molar-refractivity contribution in [1.29, 1.82) is 0 Å². The third-order valence-electron chi connectivity index (χ3n) is 6.16. The third-order valence-corrected chi connectivity index (χ3v) is 6.16. The van der Waals surface area contributed by atoms with Crippen molar-refractivity contribution in [2.75, 3.05) is 13.7 Å². The van der Waals surface area contributed by atoms with Gasteiger partial charge in [-0.05, 0) is 38.2 Å². The van der Waals surface area contributed by atoms with E-state index >= 15 is 0 Å². The number of fused-ring (bicyclic) bond motifs is 5. The van der Waals surface area contributed by atoms with Crippen molar-refractivity contribution in [2.24, 2.45) is 28.8 Å². The van der Waals surface area contributed by atoms with Crippen LogP contribution in [0, 0.1) is 33.8 Å². The Bertz CT molecular complexity index is 1050. The molecular formula is C22H23N3O8. The summed E-state index contributed by atoms with van der Waals surface area (Å²) < 4.78 is 15.6. The summed E-state index contributed by atoms with van der Waals surface area (Å²) in [5.41, 5.74) is -0.251. The maximum absolute atomic E-state index is 12.8. The molecule has 0 radical (unpaired) electrons. The van der Waals surface area contributed by atoms with Gasteiger partial charge in [-0.15, -0.1) is 0 Å². The highest BCUT2D eigenvalue weighted by atomic mass is 16.6. The summed E-state index contributed by atoms with van der Waals surface area (Å²) in [6.45, 7) is 3.17. The van der Waals surface area contributed by atoms with Crippen LogP contribution < -0.4 is 9.47 Å². The van der Waals surface area contributed by atoms with Gasteiger partial charge in [0.05, 0.1) is 36.7 Å². The molecule has 2 bridgehead atoms. The fourth-order valence-electron chi connectivity index (χ4n) is 4.70. The molecule has 1 heterocycles. The predicted molar refractivity (Wildman–Crippen MR) is 114 cm³/mol. The molecule has 5 unspecified atom stereocenters. The smallest absolute Gasteiger partial charge is 0.347 e. The van der Waals surface area contributed by atoms with Gasteiger partial charge >= 0.3 is 11.7 Å². The number of ether oxygens (including phenoxy) is 3. The van der Waals surface area contributed by atoms with E-state index in [9.17, 15) is 24.5 Å². The van der Waals surface area contributed by atoms with Gasteiger partial charge in [-0.2, -0.15) is 10.1 Å². The van der Waals surface area contributed by atoms with E-state index in [4.69, 9.17) is 14.2 Å². The molecule has 5 atom stereocenters. The van der Waals surface area contributed by atoms with Crippen molar-refractivity contribution in [2.45, 2.75) is 26.4 Å². The fourth-order valence-corrected chi connectivity index (χ4v) is 4.70. The summed E-state index contributed by atoms with van der Waals surface area (Å²) in [7, 11) is 1.29. The average Bonchev–Trinajstić information content (AvgIpc) is 3.47. The van der Waals surface area contributed by atoms with Gasteiger partial charge in [0.15, 0.2) is 11.9 Å². The van der Waals surface area contributed by atoms with Crippen LogP contribution in [0.5, 0.6) is 11.5 Å². The highest BCUT2D eigenvalue weighted by Gasteiger charge is 2.59. The second kappa shape index (κ2) is 8.64. The summed E-state index contributed by atoms with van der Waals surface area (Å²) in [6.07, 6.45) is 4.85. The molecule has 11 heteroatoms. The van der Waals surface area contributed by atoms with Gasteiger partial charge in [-0.25, -0.2) is 4.79 Å². The summed E-state index contributed by atoms with van der Waals surface area (Å²) in [5, 5.41) is 16.6. The van der Waals surface area contributed by atoms with E-state index < -0.39 is 34.5 Å². The monoisotopic (exact) mass is 457 g/mol. The number of nitrogens with zero attached hydrogens (tertiary/aromatic N) is 3. The molecule has 2 amide bonds. The number of allylic oxidation sites excluding steroid dienone is 2. The molecule has 0 spiro atoms. The standard InChI is InChI=1S/C22H23N3O8/c1-4-32-22(28)11(2)33-19-15(25(29)30)7-12(8-16(19)31-3)10-23-24-20(26)17-13-5-6-14(9-13)18(17)21(24)27/h5-8,10-11,13-14,17-18H,4,9H2,1-3H3. The number of nitro benzene ring substituents is 1. The number of methoxy groups -OCH3 is 1. The lowest BCUT2D eigenvalue weighted by Gasteiger charge is -2.16. The van der Waals surface area contributed by atoms with Crippen molar-refractivity contribution in [1.82, 2.24) is 5.01 Å². The van der Waals surface area contributed by atoms with Crippen molar-refractivity contribution < 1.29 is 33.5 Å². The first-order valence-electron chi connectivity index (χ1n) is 10.6. The number of carbonyl (C=O) groups is 3. The largest absolute Gasteiger partial charge is 0.493 e. The van der Waals surface area contributed by atoms with Crippen LogP contribution in [0.25, 0.3) is 0 Å². The highest BCUT2D eigenvalue weighted by Crippen LogP contribution is 2.52. The zero-order chi connectivity index (χ0) is 23.9. The molecule has 2 aliphatic carbocycles. The third kappa shape index (κ3) is 3.83. The molecule has 1 aromatic carbocycles. The van der Waals surface area contributed by atoms with Crippen LogP contribution in [-0.2, 0) is 19.1 Å². The Kier molecular flexibility index (Phi) is 5.88. The molecule has 2 fully saturated rings. The van der Waals surface area contributed by atoms with Crippen LogP contribution in [0.1, 0.15) is 25.8 Å². The van der Waals surface area contributed by atoms with Crippen LogP contribution in [-0.4, -0.2) is 53.8 Å². The number of imide groups is 1. The van der Waals surface area contributed by atoms with E-state index in [2.05, 4.69) is 5.10 Å². The molecule has 174 valence electrons. The van der Waals surface area contributed by atoms with E-state index in [0.717, 1.165) is 17.5 Å². The first-order chi connectivity index (χ1) is 15.8. The van der Waals surface area contributed by atoms with Crippen molar-refractivity contribution >= 4 is 29.7 Å². The predicted octanol–water partition coefficient (Wildman–Crippen LogP) is 2.07. The minimum Gasteiger partial charge on any atom is -0.493 e. The molecule has 1 aromatic rings. The van der Waals surface area contributed by atoms with Crippen molar-refractivity contribution in [3.63, 3.8) is 0 Å². The molecule has 1 saturated carbocycles. The number of hydrogen-bond donors (Lipinski definition) is 0. The number of esters is 1. The Labute approximate surface area is 189 Å². The number of hydrogen-bond acceptors (Lipinski definition) is 9. The topological polar surface area (TPSA) is 138 Å². The van der Waals surface area contributed by atoms with Crippen LogP contribution in [0.15, 0.2) is 29.4 Å². The van der Waals surface area contributed by atoms with E-state index in [0.29, 0.717) is 0 Å². The number of benzene rings is 1. The summed E-state index contributed by atoms with van der Waals surface area (Å²) in [5.74, 6) is -2.34. The molecule has 11 nitrogen and oxygen atoms in total. The Morgan fingerprint density at radius 2 is 1.91 bits per heavy atom. The molecule has 3 aliphatic rings. The number of amides is 2. The molecule has 33 heavy (non-hydrogen) atoms. The van der Waals surface area contributed by atoms with Gasteiger partial charge in [0.25, 0.3) is 11.8 Å². The molecule has 0 N–H and O–H groups in total. The Balaban J connectivity index is 1.60. The zero-order valence-electron chi connectivity index (χ0n) is 18.3. The fraction of sp³-hybridized carbons (Fsp3) is 0.455. The van der Waals surface area contributed by atoms with Gasteiger partial charge in [0.2, 0.25) is 5.75 Å². The lowest BCUT2D eigenvalue weighted by Crippen LogP contribution is -2.28. The van der Waals surface area contributed by atoms with E-state index in [1.54, 1.807) is 6.92 Å². The van der Waals surface area contributed by atoms with E-state index in [-0.39, 0.29) is 47.3 Å². The Morgan fingerprint density at radius 3 is 2.45 bits per heavy atom. The first-order valence-corrected chi connectivity index (χ1v) is 10.6. The summed E-state index contributed by atoms with van der Waals surface area (Å²) in [4.78, 5) is 48.4. The van der Waals surface area contributed by atoms with Gasteiger partial charge in [0, 0.05) is 11.6 Å². The van der Waals surface area contributed by atoms with Gasteiger partial charge < -0.3 is 14.2 Å². The summed E-state index contributed by atoms with van der Waals surface area (Å²) >= 11 is 0. The molecule has 1 aliphatic heterocycles. The second-order valence-electron chi connectivity index (χ2n) is 8.07. The number of nitro groups is 1. The van der Waals surface area contributed by atoms with Gasteiger partial charge in [0.1, 0.15) is 0 Å². The van der Waals surface area contributed by atoms with E-state index in [1.807, 2.05) is 12.2 Å². The molecular weight excluding hydrogens is 434 g/mol. The highest BCUT2D eigenvalue weighted by molar-refractivity contribution is 6.06. The normalized spacial score (nSPS) is 26.1. The second-order valence-corrected chi connectivity index (χ2v) is 8.07. The molecule has 1 saturated heterocycles. The quantitative estimate of drug-likeness (QED) is 0.144. The molecule has 4 rings (SSSR count). The number of hydrazone groups is 1. The minimum atomic E-state index is -1.11. The van der Waals surface area contributed by atoms with Crippen LogP contribution >= 0.6 is 0 Å². The number of carbonyl (C=O) groups excluding carboxylic acids is 3. The van der Waals surface area contributed by atoms with Crippen LogP contribution in [0.3, 0.4) is 0 Å². The van der Waals surface area contributed by atoms with Gasteiger partial charge in [-0.3, -0.25) is 19.7 Å². The van der Waals surface area contributed by atoms with Crippen molar-refractivity contribution in [3.05, 3.63) is 40.0 Å².